The summed E-state index contributed by atoms with van der Waals surface area (Å²) in [7, 11) is 2.99. The number of carbonyl (C=O) groups is 3. The van der Waals surface area contributed by atoms with Crippen LogP contribution in [0.15, 0.2) is 52.8 Å². The van der Waals surface area contributed by atoms with Gasteiger partial charge in [0.25, 0.3) is 11.8 Å². The number of hydrogen-bond donors (Lipinski definition) is 1. The van der Waals surface area contributed by atoms with Crippen LogP contribution in [0.2, 0.25) is 5.02 Å². The summed E-state index contributed by atoms with van der Waals surface area (Å²) in [6.07, 6.45) is 0. The Balaban J connectivity index is 1.49. The monoisotopic (exact) mass is 443 g/mol. The van der Waals surface area contributed by atoms with Crippen molar-refractivity contribution in [3.63, 3.8) is 0 Å². The Labute approximate surface area is 182 Å². The van der Waals surface area contributed by atoms with E-state index in [-0.39, 0.29) is 11.6 Å². The number of nitrogens with zero attached hydrogens (tertiary/aromatic N) is 4. The molecule has 1 saturated heterocycles. The van der Waals surface area contributed by atoms with E-state index >= 15 is 0 Å². The van der Waals surface area contributed by atoms with Gasteiger partial charge in [-0.1, -0.05) is 22.9 Å². The summed E-state index contributed by atoms with van der Waals surface area (Å²) in [6.45, 7) is -0.252. The van der Waals surface area contributed by atoms with Crippen LogP contribution < -0.4 is 19.7 Å². The van der Waals surface area contributed by atoms with Crippen LogP contribution in [0, 0.1) is 0 Å². The number of rotatable bonds is 6. The fourth-order valence-electron chi connectivity index (χ4n) is 3.45. The van der Waals surface area contributed by atoms with Gasteiger partial charge in [-0.15, -0.1) is 0 Å². The predicted molar refractivity (Wildman–Crippen MR) is 111 cm³/mol. The quantitative estimate of drug-likeness (QED) is 0.685. The first kappa shape index (κ1) is 20.6. The summed E-state index contributed by atoms with van der Waals surface area (Å²) in [4.78, 5) is 39.3. The average molecular weight is 444 g/mol. The molecule has 0 bridgehead atoms. The van der Waals surface area contributed by atoms with E-state index in [4.69, 9.17) is 21.1 Å². The molecular formula is C20H18ClN5O5. The van der Waals surface area contributed by atoms with Crippen LogP contribution >= 0.6 is 11.6 Å². The number of methoxy groups -OCH3 is 2. The van der Waals surface area contributed by atoms with E-state index in [2.05, 4.69) is 15.7 Å². The number of carbonyl (C=O) groups excluding carboxylic acids is 3. The molecule has 4 rings (SSSR count). The minimum absolute atomic E-state index is 0.252. The molecule has 1 N–H and O–H groups in total. The molecule has 0 aliphatic carbocycles. The number of ether oxygens (including phenoxy) is 2. The Kier molecular flexibility index (Phi) is 5.47. The molecule has 2 aromatic carbocycles. The van der Waals surface area contributed by atoms with Crippen LogP contribution in [0.1, 0.15) is 0 Å². The van der Waals surface area contributed by atoms with Crippen molar-refractivity contribution in [1.29, 1.82) is 0 Å². The molecule has 11 heteroatoms. The molecule has 2 heterocycles. The van der Waals surface area contributed by atoms with E-state index in [1.54, 1.807) is 36.4 Å². The molecule has 0 saturated carbocycles. The molecule has 2 aliphatic rings. The summed E-state index contributed by atoms with van der Waals surface area (Å²) >= 11 is 6.13. The van der Waals surface area contributed by atoms with E-state index in [0.717, 1.165) is 4.90 Å². The molecule has 3 amide bonds. The third kappa shape index (κ3) is 3.77. The van der Waals surface area contributed by atoms with Crippen molar-refractivity contribution in [2.75, 3.05) is 31.0 Å². The third-order valence-electron chi connectivity index (χ3n) is 4.91. The Morgan fingerprint density at radius 2 is 1.94 bits per heavy atom. The van der Waals surface area contributed by atoms with Crippen LogP contribution in [0.4, 0.5) is 11.4 Å². The number of amides is 3. The first-order valence-corrected chi connectivity index (χ1v) is 9.63. The van der Waals surface area contributed by atoms with Gasteiger partial charge in [0.2, 0.25) is 5.91 Å². The van der Waals surface area contributed by atoms with Gasteiger partial charge in [0, 0.05) is 11.8 Å². The van der Waals surface area contributed by atoms with Gasteiger partial charge in [-0.05, 0) is 30.3 Å². The van der Waals surface area contributed by atoms with Crippen molar-refractivity contribution in [2.24, 2.45) is 10.3 Å². The van der Waals surface area contributed by atoms with Gasteiger partial charge < -0.3 is 14.8 Å². The Hall–Kier alpha value is -3.66. The van der Waals surface area contributed by atoms with E-state index in [1.165, 1.54) is 25.3 Å². The summed E-state index contributed by atoms with van der Waals surface area (Å²) in [5.74, 6) is -0.477. The molecular weight excluding hydrogens is 426 g/mol. The standard InChI is InChI=1S/C20H18ClN5O5/c1-30-13-5-3-4-11(8-13)22-16(27)10-25-18-17(23-24-25)19(28)26(20(18)29)12-6-7-15(31-2)14(21)9-12/h3-9,17-18H,10H2,1-2H3,(H,22,27)/t17-,18-/m0/s1. The summed E-state index contributed by atoms with van der Waals surface area (Å²) in [6, 6.07) is 9.41. The summed E-state index contributed by atoms with van der Waals surface area (Å²) < 4.78 is 10.2. The first-order valence-electron chi connectivity index (χ1n) is 9.25. The second-order valence-corrected chi connectivity index (χ2v) is 7.21. The highest BCUT2D eigenvalue weighted by atomic mass is 35.5. The summed E-state index contributed by atoms with van der Waals surface area (Å²) in [5.41, 5.74) is 0.826. The molecule has 0 unspecified atom stereocenters. The van der Waals surface area contributed by atoms with E-state index in [0.29, 0.717) is 22.9 Å². The smallest absolute Gasteiger partial charge is 0.263 e. The molecule has 0 aromatic heterocycles. The zero-order valence-corrected chi connectivity index (χ0v) is 17.4. The fourth-order valence-corrected chi connectivity index (χ4v) is 3.70. The number of hydrogen-bond acceptors (Lipinski definition) is 8. The maximum absolute atomic E-state index is 13.0. The Bertz CT molecular complexity index is 1090. The second kappa shape index (κ2) is 8.23. The molecule has 2 aliphatic heterocycles. The fraction of sp³-hybridized carbons (Fsp3) is 0.250. The molecule has 0 radical (unpaired) electrons. The van der Waals surface area contributed by atoms with Crippen LogP contribution in [0.5, 0.6) is 11.5 Å². The average Bonchev–Trinajstić information content (AvgIpc) is 3.27. The molecule has 31 heavy (non-hydrogen) atoms. The highest BCUT2D eigenvalue weighted by molar-refractivity contribution is 6.33. The largest absolute Gasteiger partial charge is 0.497 e. The zero-order chi connectivity index (χ0) is 22.1. The Morgan fingerprint density at radius 3 is 2.65 bits per heavy atom. The van der Waals surface area contributed by atoms with Crippen molar-refractivity contribution in [1.82, 2.24) is 5.01 Å². The molecule has 2 atom stereocenters. The highest BCUT2D eigenvalue weighted by Crippen LogP contribution is 2.35. The lowest BCUT2D eigenvalue weighted by molar-refractivity contribution is -0.123. The van der Waals surface area contributed by atoms with Gasteiger partial charge in [-0.2, -0.15) is 5.11 Å². The minimum atomic E-state index is -1.02. The number of fused-ring (bicyclic) bond motifs is 1. The molecule has 2 aromatic rings. The van der Waals surface area contributed by atoms with Crippen molar-refractivity contribution in [3.8, 4) is 11.5 Å². The lowest BCUT2D eigenvalue weighted by atomic mass is 10.1. The number of nitrogens with one attached hydrogen (secondary N) is 1. The number of anilines is 2. The van der Waals surface area contributed by atoms with E-state index < -0.39 is 29.8 Å². The lowest BCUT2D eigenvalue weighted by Gasteiger charge is -2.20. The van der Waals surface area contributed by atoms with Crippen molar-refractivity contribution in [3.05, 3.63) is 47.5 Å². The second-order valence-electron chi connectivity index (χ2n) is 6.80. The zero-order valence-electron chi connectivity index (χ0n) is 16.6. The molecule has 0 spiro atoms. The van der Waals surface area contributed by atoms with Gasteiger partial charge in [-0.3, -0.25) is 19.4 Å². The summed E-state index contributed by atoms with van der Waals surface area (Å²) in [5, 5.41) is 12.0. The number of imide groups is 1. The van der Waals surface area contributed by atoms with Gasteiger partial charge in [0.15, 0.2) is 12.1 Å². The topological polar surface area (TPSA) is 113 Å². The van der Waals surface area contributed by atoms with E-state index in [1.807, 2.05) is 0 Å². The lowest BCUT2D eigenvalue weighted by Crippen LogP contribution is -2.43. The number of benzene rings is 2. The molecule has 10 nitrogen and oxygen atoms in total. The van der Waals surface area contributed by atoms with Gasteiger partial charge in [-0.25, -0.2) is 4.90 Å². The van der Waals surface area contributed by atoms with Crippen LogP contribution in [0.25, 0.3) is 0 Å². The number of halogens is 1. The van der Waals surface area contributed by atoms with Crippen LogP contribution in [-0.4, -0.2) is 55.6 Å². The molecule has 1 fully saturated rings. The van der Waals surface area contributed by atoms with Gasteiger partial charge in [0.1, 0.15) is 18.0 Å². The highest BCUT2D eigenvalue weighted by Gasteiger charge is 2.55. The van der Waals surface area contributed by atoms with Gasteiger partial charge in [0.05, 0.1) is 24.9 Å². The first-order chi connectivity index (χ1) is 14.9. The van der Waals surface area contributed by atoms with Crippen LogP contribution in [0.3, 0.4) is 0 Å². The predicted octanol–water partition coefficient (Wildman–Crippen LogP) is 2.29. The maximum Gasteiger partial charge on any atom is 0.263 e. The van der Waals surface area contributed by atoms with E-state index in [9.17, 15) is 14.4 Å². The SMILES string of the molecule is COc1cccc(NC(=O)CN2N=N[C@@H]3C(=O)N(c4ccc(OC)c(Cl)c4)C(=O)[C@H]32)c1. The normalized spacial score (nSPS) is 19.6. The van der Waals surface area contributed by atoms with Crippen molar-refractivity contribution in [2.45, 2.75) is 12.1 Å². The van der Waals surface area contributed by atoms with Crippen molar-refractivity contribution >= 4 is 40.7 Å². The van der Waals surface area contributed by atoms with Gasteiger partial charge >= 0.3 is 0 Å². The Morgan fingerprint density at radius 1 is 1.13 bits per heavy atom. The van der Waals surface area contributed by atoms with Crippen molar-refractivity contribution < 1.29 is 23.9 Å². The van der Waals surface area contributed by atoms with Crippen LogP contribution in [-0.2, 0) is 14.4 Å². The maximum atomic E-state index is 13.0. The minimum Gasteiger partial charge on any atom is -0.497 e. The third-order valence-corrected chi connectivity index (χ3v) is 5.21. The molecule has 160 valence electrons.